The molecular weight excluding hydrogens is 248 g/mol. The molecule has 20 heavy (non-hydrogen) atoms. The molecule has 1 fully saturated rings. The molecule has 0 aromatic carbocycles. The third kappa shape index (κ3) is 4.20. The van der Waals surface area contributed by atoms with E-state index < -0.39 is 0 Å². The van der Waals surface area contributed by atoms with Crippen LogP contribution in [0.4, 0.5) is 0 Å². The highest BCUT2D eigenvalue weighted by Gasteiger charge is 2.26. The van der Waals surface area contributed by atoms with Gasteiger partial charge in [-0.2, -0.15) is 0 Å². The first-order valence-electron chi connectivity index (χ1n) is 7.82. The predicted molar refractivity (Wildman–Crippen MR) is 82.9 cm³/mol. The average Bonchev–Trinajstić information content (AvgIpc) is 2.30. The van der Waals surface area contributed by atoms with Gasteiger partial charge >= 0.3 is 0 Å². The summed E-state index contributed by atoms with van der Waals surface area (Å²) >= 11 is 0. The Balaban J connectivity index is 2.11. The molecule has 1 aromatic heterocycles. The van der Waals surface area contributed by atoms with Crippen molar-refractivity contribution in [3.63, 3.8) is 0 Å². The smallest absolute Gasteiger partial charge is 0.141 e. The monoisotopic (exact) mass is 276 g/mol. The number of rotatable bonds is 4. The number of hydrogen-bond donors (Lipinski definition) is 1. The zero-order valence-corrected chi connectivity index (χ0v) is 13.2. The lowest BCUT2D eigenvalue weighted by molar-refractivity contribution is 0.0995. The Bertz CT molecular complexity index is 435. The first kappa shape index (κ1) is 15.3. The van der Waals surface area contributed by atoms with Crippen LogP contribution in [0.1, 0.15) is 51.4 Å². The molecule has 0 saturated heterocycles. The van der Waals surface area contributed by atoms with Crippen molar-refractivity contribution in [3.8, 4) is 5.75 Å². The lowest BCUT2D eigenvalue weighted by Crippen LogP contribution is -2.29. The molecule has 1 heterocycles. The molecule has 1 aliphatic rings. The zero-order valence-electron chi connectivity index (χ0n) is 13.2. The minimum Gasteiger partial charge on any atom is -0.489 e. The van der Waals surface area contributed by atoms with Crippen LogP contribution in [0.2, 0.25) is 0 Å². The van der Waals surface area contributed by atoms with Gasteiger partial charge in [0.2, 0.25) is 0 Å². The maximum Gasteiger partial charge on any atom is 0.141 e. The summed E-state index contributed by atoms with van der Waals surface area (Å²) in [6.07, 6.45) is 4.71. The SMILES string of the molecule is Cc1ccc(OC2CC(C)CC(C)C2)c(CC(C)N)n1. The lowest BCUT2D eigenvalue weighted by atomic mass is 9.82. The van der Waals surface area contributed by atoms with Gasteiger partial charge in [0.25, 0.3) is 0 Å². The van der Waals surface area contributed by atoms with Crippen molar-refractivity contribution in [2.24, 2.45) is 17.6 Å². The zero-order chi connectivity index (χ0) is 14.7. The Morgan fingerprint density at radius 3 is 2.50 bits per heavy atom. The molecule has 0 amide bonds. The van der Waals surface area contributed by atoms with Crippen molar-refractivity contribution < 1.29 is 4.74 Å². The van der Waals surface area contributed by atoms with Crippen molar-refractivity contribution >= 4 is 0 Å². The maximum absolute atomic E-state index is 6.27. The van der Waals surface area contributed by atoms with E-state index in [0.29, 0.717) is 6.10 Å². The third-order valence-corrected chi connectivity index (χ3v) is 4.02. The van der Waals surface area contributed by atoms with E-state index in [4.69, 9.17) is 10.5 Å². The van der Waals surface area contributed by atoms with Crippen LogP contribution in [-0.2, 0) is 6.42 Å². The van der Waals surface area contributed by atoms with Crippen LogP contribution < -0.4 is 10.5 Å². The molecule has 3 nitrogen and oxygen atoms in total. The summed E-state index contributed by atoms with van der Waals surface area (Å²) in [5.74, 6) is 2.43. The van der Waals surface area contributed by atoms with Crippen LogP contribution in [0.25, 0.3) is 0 Å². The van der Waals surface area contributed by atoms with Crippen LogP contribution in [0.15, 0.2) is 12.1 Å². The normalized spacial score (nSPS) is 28.1. The molecule has 3 atom stereocenters. The molecule has 3 heteroatoms. The van der Waals surface area contributed by atoms with Crippen molar-refractivity contribution in [2.75, 3.05) is 0 Å². The van der Waals surface area contributed by atoms with Gasteiger partial charge in [-0.1, -0.05) is 13.8 Å². The molecule has 1 saturated carbocycles. The topological polar surface area (TPSA) is 48.1 Å². The summed E-state index contributed by atoms with van der Waals surface area (Å²) < 4.78 is 6.27. The van der Waals surface area contributed by atoms with Crippen molar-refractivity contribution in [1.82, 2.24) is 4.98 Å². The molecule has 1 aromatic rings. The van der Waals surface area contributed by atoms with Gasteiger partial charge in [-0.05, 0) is 57.1 Å². The molecular formula is C17H28N2O. The van der Waals surface area contributed by atoms with E-state index in [-0.39, 0.29) is 6.04 Å². The Labute approximate surface area is 122 Å². The summed E-state index contributed by atoms with van der Waals surface area (Å²) in [7, 11) is 0. The number of aryl methyl sites for hydroxylation is 1. The van der Waals surface area contributed by atoms with E-state index in [2.05, 4.69) is 24.9 Å². The molecule has 0 aliphatic heterocycles. The van der Waals surface area contributed by atoms with E-state index >= 15 is 0 Å². The van der Waals surface area contributed by atoms with Gasteiger partial charge in [0.05, 0.1) is 11.8 Å². The standard InChI is InChI=1S/C17H28N2O/c1-11-7-12(2)9-15(8-11)20-17-6-5-14(4)19-16(17)10-13(3)18/h5-6,11-13,15H,7-10,18H2,1-4H3. The fraction of sp³-hybridized carbons (Fsp3) is 0.706. The Morgan fingerprint density at radius 2 is 1.90 bits per heavy atom. The van der Waals surface area contributed by atoms with Crippen LogP contribution in [0.5, 0.6) is 5.75 Å². The third-order valence-electron chi connectivity index (χ3n) is 4.02. The number of hydrogen-bond acceptors (Lipinski definition) is 3. The van der Waals surface area contributed by atoms with Gasteiger partial charge in [0.1, 0.15) is 5.75 Å². The number of nitrogens with two attached hydrogens (primary N) is 1. The van der Waals surface area contributed by atoms with Crippen LogP contribution in [0.3, 0.4) is 0 Å². The average molecular weight is 276 g/mol. The van der Waals surface area contributed by atoms with Gasteiger partial charge in [-0.15, -0.1) is 0 Å². The van der Waals surface area contributed by atoms with Crippen LogP contribution in [0, 0.1) is 18.8 Å². The van der Waals surface area contributed by atoms with Gasteiger partial charge in [-0.25, -0.2) is 0 Å². The van der Waals surface area contributed by atoms with E-state index in [1.165, 1.54) is 6.42 Å². The Hall–Kier alpha value is -1.09. The Morgan fingerprint density at radius 1 is 1.25 bits per heavy atom. The second-order valence-corrected chi connectivity index (χ2v) is 6.74. The minimum atomic E-state index is 0.107. The quantitative estimate of drug-likeness (QED) is 0.916. The van der Waals surface area contributed by atoms with E-state index in [1.54, 1.807) is 0 Å². The van der Waals surface area contributed by atoms with Gasteiger partial charge in [0.15, 0.2) is 0 Å². The Kier molecular flexibility index (Phi) is 5.03. The summed E-state index contributed by atoms with van der Waals surface area (Å²) in [6.45, 7) is 8.67. The molecule has 0 radical (unpaired) electrons. The molecule has 0 spiro atoms. The second-order valence-electron chi connectivity index (χ2n) is 6.74. The number of nitrogens with zero attached hydrogens (tertiary/aromatic N) is 1. The van der Waals surface area contributed by atoms with E-state index in [0.717, 1.165) is 48.2 Å². The lowest BCUT2D eigenvalue weighted by Gasteiger charge is -2.32. The highest BCUT2D eigenvalue weighted by molar-refractivity contribution is 5.30. The number of pyridine rings is 1. The molecule has 3 unspecified atom stereocenters. The molecule has 2 N–H and O–H groups in total. The molecule has 0 bridgehead atoms. The van der Waals surface area contributed by atoms with Crippen molar-refractivity contribution in [2.45, 2.75) is 65.5 Å². The summed E-state index contributed by atoms with van der Waals surface area (Å²) in [5.41, 5.74) is 7.96. The highest BCUT2D eigenvalue weighted by atomic mass is 16.5. The maximum atomic E-state index is 6.27. The first-order chi connectivity index (χ1) is 9.44. The second kappa shape index (κ2) is 6.57. The minimum absolute atomic E-state index is 0.107. The van der Waals surface area contributed by atoms with E-state index in [1.807, 2.05) is 19.9 Å². The molecule has 112 valence electrons. The van der Waals surface area contributed by atoms with Crippen molar-refractivity contribution in [3.05, 3.63) is 23.5 Å². The van der Waals surface area contributed by atoms with Gasteiger partial charge in [-0.3, -0.25) is 4.98 Å². The predicted octanol–water partition coefficient (Wildman–Crippen LogP) is 3.48. The van der Waals surface area contributed by atoms with Crippen LogP contribution in [-0.4, -0.2) is 17.1 Å². The van der Waals surface area contributed by atoms with Gasteiger partial charge < -0.3 is 10.5 Å². The molecule has 2 rings (SSSR count). The molecule has 1 aliphatic carbocycles. The first-order valence-corrected chi connectivity index (χ1v) is 7.82. The number of ether oxygens (including phenoxy) is 1. The van der Waals surface area contributed by atoms with Gasteiger partial charge in [0, 0.05) is 18.2 Å². The number of aromatic nitrogens is 1. The largest absolute Gasteiger partial charge is 0.489 e. The highest BCUT2D eigenvalue weighted by Crippen LogP contribution is 2.32. The summed E-state index contributed by atoms with van der Waals surface area (Å²) in [5, 5.41) is 0. The summed E-state index contributed by atoms with van der Waals surface area (Å²) in [4.78, 5) is 4.61. The fourth-order valence-corrected chi connectivity index (χ4v) is 3.31. The fourth-order valence-electron chi connectivity index (χ4n) is 3.31. The van der Waals surface area contributed by atoms with Crippen LogP contribution >= 0.6 is 0 Å². The van der Waals surface area contributed by atoms with Crippen molar-refractivity contribution in [1.29, 1.82) is 0 Å². The summed E-state index contributed by atoms with van der Waals surface area (Å²) in [6, 6.07) is 4.19. The van der Waals surface area contributed by atoms with E-state index in [9.17, 15) is 0 Å².